The maximum atomic E-state index is 12.9. The standard InChI is InChI=1S/C19H28N4O3S/c1-14-19(15(2)22-21-14)27(24,25)20-13-18(23-10-5-4-6-11-23)16-8-7-9-17(12-16)26-3/h7-9,12,18,20H,4-6,10-11,13H2,1-3H3,(H,21,22). The molecule has 0 saturated carbocycles. The molecule has 2 heterocycles. The zero-order chi connectivity index (χ0) is 19.4. The largest absolute Gasteiger partial charge is 0.497 e. The lowest BCUT2D eigenvalue weighted by Crippen LogP contribution is -2.40. The summed E-state index contributed by atoms with van der Waals surface area (Å²) in [5.74, 6) is 0.777. The molecule has 2 aromatic rings. The number of methoxy groups -OCH3 is 1. The number of hydrogen-bond donors (Lipinski definition) is 2. The summed E-state index contributed by atoms with van der Waals surface area (Å²) in [4.78, 5) is 2.60. The number of sulfonamides is 1. The van der Waals surface area contributed by atoms with Gasteiger partial charge in [0, 0.05) is 12.6 Å². The molecule has 0 bridgehead atoms. The maximum Gasteiger partial charge on any atom is 0.244 e. The molecule has 1 saturated heterocycles. The van der Waals surface area contributed by atoms with Gasteiger partial charge >= 0.3 is 0 Å². The van der Waals surface area contributed by atoms with Crippen LogP contribution >= 0.6 is 0 Å². The lowest BCUT2D eigenvalue weighted by atomic mass is 10.0. The van der Waals surface area contributed by atoms with E-state index in [0.29, 0.717) is 17.9 Å². The number of benzene rings is 1. The molecule has 2 N–H and O–H groups in total. The highest BCUT2D eigenvalue weighted by molar-refractivity contribution is 7.89. The predicted molar refractivity (Wildman–Crippen MR) is 104 cm³/mol. The quantitative estimate of drug-likeness (QED) is 0.756. The molecule has 0 radical (unpaired) electrons. The Balaban J connectivity index is 1.85. The monoisotopic (exact) mass is 392 g/mol. The van der Waals surface area contributed by atoms with Crippen LogP contribution in [0, 0.1) is 13.8 Å². The molecule has 1 aromatic carbocycles. The summed E-state index contributed by atoms with van der Waals surface area (Å²) >= 11 is 0. The second kappa shape index (κ2) is 8.41. The number of rotatable bonds is 7. The Morgan fingerprint density at radius 1 is 1.26 bits per heavy atom. The van der Waals surface area contributed by atoms with Crippen molar-refractivity contribution in [2.45, 2.75) is 44.0 Å². The molecule has 1 aliphatic rings. The van der Waals surface area contributed by atoms with E-state index in [1.54, 1.807) is 21.0 Å². The summed E-state index contributed by atoms with van der Waals surface area (Å²) < 4.78 is 33.9. The Labute approximate surface area is 161 Å². The maximum absolute atomic E-state index is 12.9. The number of ether oxygens (including phenoxy) is 1. The van der Waals surface area contributed by atoms with Gasteiger partial charge in [0.25, 0.3) is 0 Å². The average molecular weight is 393 g/mol. The summed E-state index contributed by atoms with van der Waals surface area (Å²) in [6.07, 6.45) is 3.49. The Morgan fingerprint density at radius 3 is 2.63 bits per heavy atom. The highest BCUT2D eigenvalue weighted by atomic mass is 32.2. The third kappa shape index (κ3) is 4.51. The van der Waals surface area contributed by atoms with E-state index in [1.807, 2.05) is 24.3 Å². The smallest absolute Gasteiger partial charge is 0.244 e. The van der Waals surface area contributed by atoms with Gasteiger partial charge < -0.3 is 4.74 Å². The molecule has 27 heavy (non-hydrogen) atoms. The first kappa shape index (κ1) is 19.9. The van der Waals surface area contributed by atoms with Gasteiger partial charge in [0.15, 0.2) is 0 Å². The minimum Gasteiger partial charge on any atom is -0.497 e. The van der Waals surface area contributed by atoms with Crippen molar-refractivity contribution in [1.29, 1.82) is 0 Å². The Morgan fingerprint density at radius 2 is 2.00 bits per heavy atom. The van der Waals surface area contributed by atoms with Gasteiger partial charge in [-0.3, -0.25) is 10.00 Å². The molecule has 1 aromatic heterocycles. The first-order valence-corrected chi connectivity index (χ1v) is 10.8. The lowest BCUT2D eigenvalue weighted by Gasteiger charge is -2.35. The van der Waals surface area contributed by atoms with E-state index < -0.39 is 10.0 Å². The highest BCUT2D eigenvalue weighted by Crippen LogP contribution is 2.27. The van der Waals surface area contributed by atoms with Crippen LogP contribution in [0.4, 0.5) is 0 Å². The molecular formula is C19H28N4O3S. The number of piperidine rings is 1. The fourth-order valence-electron chi connectivity index (χ4n) is 3.73. The first-order chi connectivity index (χ1) is 12.9. The number of aryl methyl sites for hydroxylation is 2. The number of H-pyrrole nitrogens is 1. The zero-order valence-corrected chi connectivity index (χ0v) is 17.0. The molecule has 8 heteroatoms. The van der Waals surface area contributed by atoms with Crippen molar-refractivity contribution in [1.82, 2.24) is 19.8 Å². The zero-order valence-electron chi connectivity index (χ0n) is 16.2. The van der Waals surface area contributed by atoms with Crippen LogP contribution in [0.1, 0.15) is 42.3 Å². The third-order valence-corrected chi connectivity index (χ3v) is 6.79. The first-order valence-electron chi connectivity index (χ1n) is 9.31. The van der Waals surface area contributed by atoms with Gasteiger partial charge in [-0.1, -0.05) is 18.6 Å². The normalized spacial score (nSPS) is 17.0. The minimum atomic E-state index is -3.64. The fourth-order valence-corrected chi connectivity index (χ4v) is 5.14. The molecule has 148 valence electrons. The molecule has 0 amide bonds. The Hall–Kier alpha value is -1.90. The molecule has 1 unspecified atom stereocenters. The molecule has 1 atom stereocenters. The van der Waals surface area contributed by atoms with Crippen LogP contribution in [0.2, 0.25) is 0 Å². The van der Waals surface area contributed by atoms with E-state index in [0.717, 1.165) is 37.2 Å². The Kier molecular flexibility index (Phi) is 6.18. The van der Waals surface area contributed by atoms with Gasteiger partial charge in [0.1, 0.15) is 10.6 Å². The number of likely N-dealkylation sites (tertiary alicyclic amines) is 1. The molecular weight excluding hydrogens is 364 g/mol. The molecule has 7 nitrogen and oxygen atoms in total. The van der Waals surface area contributed by atoms with Crippen LogP contribution in [0.3, 0.4) is 0 Å². The fraction of sp³-hybridized carbons (Fsp3) is 0.526. The number of aromatic amines is 1. The van der Waals surface area contributed by atoms with Crippen LogP contribution in [0.25, 0.3) is 0 Å². The van der Waals surface area contributed by atoms with E-state index in [-0.39, 0.29) is 10.9 Å². The molecule has 0 spiro atoms. The van der Waals surface area contributed by atoms with Gasteiger partial charge in [-0.25, -0.2) is 13.1 Å². The van der Waals surface area contributed by atoms with Gasteiger partial charge in [-0.15, -0.1) is 0 Å². The summed E-state index contributed by atoms with van der Waals surface area (Å²) in [5, 5.41) is 6.75. The number of hydrogen-bond acceptors (Lipinski definition) is 5. The molecule has 1 fully saturated rings. The number of nitrogens with zero attached hydrogens (tertiary/aromatic N) is 2. The van der Waals surface area contributed by atoms with Crippen LogP contribution in [0.15, 0.2) is 29.2 Å². The second-order valence-corrected chi connectivity index (χ2v) is 8.71. The summed E-state index contributed by atoms with van der Waals surface area (Å²) in [5.41, 5.74) is 2.09. The lowest BCUT2D eigenvalue weighted by molar-refractivity contribution is 0.164. The van der Waals surface area contributed by atoms with Crippen LogP contribution in [-0.4, -0.2) is 50.3 Å². The van der Waals surface area contributed by atoms with Crippen molar-refractivity contribution < 1.29 is 13.2 Å². The van der Waals surface area contributed by atoms with E-state index >= 15 is 0 Å². The van der Waals surface area contributed by atoms with Crippen LogP contribution < -0.4 is 9.46 Å². The van der Waals surface area contributed by atoms with Crippen LogP contribution in [-0.2, 0) is 10.0 Å². The topological polar surface area (TPSA) is 87.3 Å². The van der Waals surface area contributed by atoms with Gasteiger partial charge in [-0.05, 0) is 57.5 Å². The van der Waals surface area contributed by atoms with Crippen molar-refractivity contribution in [2.24, 2.45) is 0 Å². The highest BCUT2D eigenvalue weighted by Gasteiger charge is 2.27. The summed E-state index contributed by atoms with van der Waals surface area (Å²) in [6.45, 7) is 5.65. The third-order valence-electron chi connectivity index (χ3n) is 5.11. The predicted octanol–water partition coefficient (Wildman–Crippen LogP) is 2.54. The van der Waals surface area contributed by atoms with Crippen LogP contribution in [0.5, 0.6) is 5.75 Å². The van der Waals surface area contributed by atoms with Crippen molar-refractivity contribution in [3.8, 4) is 5.75 Å². The van der Waals surface area contributed by atoms with Crippen molar-refractivity contribution in [3.63, 3.8) is 0 Å². The van der Waals surface area contributed by atoms with E-state index in [2.05, 4.69) is 19.8 Å². The molecule has 1 aliphatic heterocycles. The second-order valence-electron chi connectivity index (χ2n) is 7.00. The number of nitrogens with one attached hydrogen (secondary N) is 2. The van der Waals surface area contributed by atoms with Gasteiger partial charge in [0.2, 0.25) is 10.0 Å². The Bertz CT molecular complexity index is 853. The summed E-state index contributed by atoms with van der Waals surface area (Å²) in [6, 6.07) is 7.83. The molecule has 3 rings (SSSR count). The van der Waals surface area contributed by atoms with Crippen molar-refractivity contribution in [2.75, 3.05) is 26.7 Å². The van der Waals surface area contributed by atoms with E-state index in [4.69, 9.17) is 4.74 Å². The van der Waals surface area contributed by atoms with Gasteiger partial charge in [0.05, 0.1) is 18.5 Å². The van der Waals surface area contributed by atoms with Crippen molar-refractivity contribution >= 4 is 10.0 Å². The minimum absolute atomic E-state index is 0.0392. The van der Waals surface area contributed by atoms with E-state index in [1.165, 1.54) is 6.42 Å². The van der Waals surface area contributed by atoms with Gasteiger partial charge in [-0.2, -0.15) is 5.10 Å². The number of aromatic nitrogens is 2. The van der Waals surface area contributed by atoms with E-state index in [9.17, 15) is 8.42 Å². The SMILES string of the molecule is COc1cccc(C(CNS(=O)(=O)c2c(C)n[nH]c2C)N2CCCCC2)c1. The summed E-state index contributed by atoms with van der Waals surface area (Å²) in [7, 11) is -2.00. The van der Waals surface area contributed by atoms with Crippen molar-refractivity contribution in [3.05, 3.63) is 41.2 Å². The average Bonchev–Trinajstić information content (AvgIpc) is 3.02. The molecule has 0 aliphatic carbocycles.